The fourth-order valence-corrected chi connectivity index (χ4v) is 7.85. The lowest BCUT2D eigenvalue weighted by Crippen LogP contribution is -3.00. The molecule has 2 aromatic carbocycles. The van der Waals surface area contributed by atoms with E-state index in [1.54, 1.807) is 11.1 Å². The van der Waals surface area contributed by atoms with Crippen molar-refractivity contribution in [2.45, 2.75) is 48.5 Å². The van der Waals surface area contributed by atoms with Gasteiger partial charge in [-0.3, -0.25) is 0 Å². The molecular formula is C22H27IS. The van der Waals surface area contributed by atoms with Gasteiger partial charge < -0.3 is 24.0 Å². The van der Waals surface area contributed by atoms with Gasteiger partial charge in [0, 0.05) is 17.9 Å². The minimum atomic E-state index is 0. The van der Waals surface area contributed by atoms with E-state index < -0.39 is 0 Å². The monoisotopic (exact) mass is 450 g/mol. The highest BCUT2D eigenvalue weighted by atomic mass is 127. The summed E-state index contributed by atoms with van der Waals surface area (Å²) in [6.07, 6.45) is 9.69. The zero-order valence-corrected chi connectivity index (χ0v) is 17.4. The van der Waals surface area contributed by atoms with Crippen molar-refractivity contribution in [3.63, 3.8) is 0 Å². The molecule has 1 saturated heterocycles. The van der Waals surface area contributed by atoms with Crippen LogP contribution in [0.2, 0.25) is 0 Å². The smallest absolute Gasteiger partial charge is 0.143 e. The maximum atomic E-state index is 2.56. The fourth-order valence-electron chi connectivity index (χ4n) is 4.92. The van der Waals surface area contributed by atoms with E-state index >= 15 is 0 Å². The predicted octanol–water partition coefficient (Wildman–Crippen LogP) is 2.73. The van der Waals surface area contributed by atoms with Crippen molar-refractivity contribution in [2.75, 3.05) is 6.26 Å². The average molecular weight is 450 g/mol. The number of fused-ring (bicyclic) bond motifs is 1. The number of rotatable bonds is 2. The zero-order valence-electron chi connectivity index (χ0n) is 14.4. The molecule has 2 aromatic rings. The standard InChI is InChI=1S/C22H27S.HI/c1-23-21-15-9-8-14-19(21)20(17-10-4-2-5-11-17)16-22(23)18-12-6-3-7-13-18;/h2-7,10-13,19-22H,8-9,14-16H2,1H3;1H/q+1;/p-1. The molecule has 1 saturated carbocycles. The second-order valence-corrected chi connectivity index (χ2v) is 9.64. The van der Waals surface area contributed by atoms with Crippen molar-refractivity contribution < 1.29 is 24.0 Å². The lowest BCUT2D eigenvalue weighted by Gasteiger charge is -2.43. The Labute approximate surface area is 166 Å². The molecule has 1 aliphatic carbocycles. The van der Waals surface area contributed by atoms with Gasteiger partial charge in [0.05, 0.1) is 6.26 Å². The molecule has 1 aliphatic heterocycles. The van der Waals surface area contributed by atoms with E-state index in [0.717, 1.165) is 22.3 Å². The van der Waals surface area contributed by atoms with E-state index in [1.165, 1.54) is 32.1 Å². The largest absolute Gasteiger partial charge is 1.00 e. The van der Waals surface area contributed by atoms with Crippen LogP contribution in [-0.2, 0) is 10.9 Å². The van der Waals surface area contributed by atoms with Crippen molar-refractivity contribution in [1.82, 2.24) is 0 Å². The maximum Gasteiger partial charge on any atom is 0.143 e. The molecule has 0 spiro atoms. The van der Waals surface area contributed by atoms with Crippen LogP contribution in [0.3, 0.4) is 0 Å². The Bertz CT molecular complexity index is 627. The Balaban J connectivity index is 0.00000169. The third-order valence-corrected chi connectivity index (χ3v) is 8.97. The molecule has 0 amide bonds. The topological polar surface area (TPSA) is 0 Å². The Morgan fingerprint density at radius 2 is 1.38 bits per heavy atom. The molecule has 1 heterocycles. The Kier molecular flexibility index (Phi) is 6.31. The van der Waals surface area contributed by atoms with Crippen LogP contribution in [0.15, 0.2) is 60.7 Å². The molecule has 5 atom stereocenters. The summed E-state index contributed by atoms with van der Waals surface area (Å²) in [5.41, 5.74) is 3.16. The van der Waals surface area contributed by atoms with Gasteiger partial charge in [-0.05, 0) is 41.6 Å². The van der Waals surface area contributed by atoms with Crippen LogP contribution >= 0.6 is 0 Å². The number of halogens is 1. The van der Waals surface area contributed by atoms with Gasteiger partial charge >= 0.3 is 0 Å². The first-order valence-electron chi connectivity index (χ1n) is 9.08. The van der Waals surface area contributed by atoms with E-state index in [1.807, 2.05) is 0 Å². The van der Waals surface area contributed by atoms with Gasteiger partial charge in [0.1, 0.15) is 10.5 Å². The van der Waals surface area contributed by atoms with Crippen LogP contribution in [0.5, 0.6) is 0 Å². The molecule has 2 fully saturated rings. The van der Waals surface area contributed by atoms with Crippen molar-refractivity contribution in [3.05, 3.63) is 71.8 Å². The molecule has 4 rings (SSSR count). The summed E-state index contributed by atoms with van der Waals surface area (Å²) in [6.45, 7) is 0. The predicted molar refractivity (Wildman–Crippen MR) is 102 cm³/mol. The summed E-state index contributed by atoms with van der Waals surface area (Å²) in [4.78, 5) is 0. The van der Waals surface area contributed by atoms with Gasteiger partial charge in [0.15, 0.2) is 0 Å². The third-order valence-electron chi connectivity index (χ3n) is 6.06. The van der Waals surface area contributed by atoms with Gasteiger partial charge in [-0.15, -0.1) is 0 Å². The summed E-state index contributed by atoms with van der Waals surface area (Å²) >= 11 is 0. The second kappa shape index (κ2) is 8.27. The highest BCUT2D eigenvalue weighted by Crippen LogP contribution is 2.52. The lowest BCUT2D eigenvalue weighted by atomic mass is 9.73. The highest BCUT2D eigenvalue weighted by molar-refractivity contribution is 7.97. The highest BCUT2D eigenvalue weighted by Gasteiger charge is 2.50. The van der Waals surface area contributed by atoms with Crippen LogP contribution in [0, 0.1) is 5.92 Å². The van der Waals surface area contributed by atoms with Crippen LogP contribution in [-0.4, -0.2) is 11.5 Å². The van der Waals surface area contributed by atoms with E-state index in [-0.39, 0.29) is 24.0 Å². The summed E-state index contributed by atoms with van der Waals surface area (Å²) in [5.74, 6) is 1.68. The van der Waals surface area contributed by atoms with E-state index in [4.69, 9.17) is 0 Å². The number of benzene rings is 2. The maximum absolute atomic E-state index is 2.56. The second-order valence-electron chi connectivity index (χ2n) is 7.25. The van der Waals surface area contributed by atoms with Crippen molar-refractivity contribution >= 4 is 10.9 Å². The summed E-state index contributed by atoms with van der Waals surface area (Å²) < 4.78 is 0. The third kappa shape index (κ3) is 3.55. The van der Waals surface area contributed by atoms with Crippen molar-refractivity contribution in [1.29, 1.82) is 0 Å². The quantitative estimate of drug-likeness (QED) is 0.488. The summed E-state index contributed by atoms with van der Waals surface area (Å²) in [7, 11) is 0.510. The summed E-state index contributed by atoms with van der Waals surface area (Å²) in [5, 5.41) is 1.69. The van der Waals surface area contributed by atoms with E-state index in [2.05, 4.69) is 66.9 Å². The molecule has 2 aliphatic rings. The first-order valence-corrected chi connectivity index (χ1v) is 10.8. The van der Waals surface area contributed by atoms with Crippen molar-refractivity contribution in [2.24, 2.45) is 5.92 Å². The molecule has 0 aromatic heterocycles. The Hall–Kier alpha value is -0.480. The lowest BCUT2D eigenvalue weighted by molar-refractivity contribution is -0.00000462. The SMILES string of the molecule is C[S+]1C(c2ccccc2)CC(c2ccccc2)C2CCCCC21.[I-]. The number of hydrogen-bond acceptors (Lipinski definition) is 0. The molecule has 2 heteroatoms. The van der Waals surface area contributed by atoms with E-state index in [9.17, 15) is 0 Å². The molecule has 5 unspecified atom stereocenters. The molecule has 0 radical (unpaired) electrons. The Morgan fingerprint density at radius 1 is 0.792 bits per heavy atom. The normalized spacial score (nSPS) is 32.5. The molecule has 128 valence electrons. The molecule has 0 nitrogen and oxygen atoms in total. The van der Waals surface area contributed by atoms with Gasteiger partial charge in [-0.2, -0.15) is 0 Å². The Morgan fingerprint density at radius 3 is 2.04 bits per heavy atom. The summed E-state index contributed by atoms with van der Waals surface area (Å²) in [6, 6.07) is 22.7. The average Bonchev–Trinajstić information content (AvgIpc) is 2.64. The molecule has 0 bridgehead atoms. The first kappa shape index (κ1) is 18.3. The number of hydrogen-bond donors (Lipinski definition) is 0. The fraction of sp³-hybridized carbons (Fsp3) is 0.455. The molecule has 0 N–H and O–H groups in total. The van der Waals surface area contributed by atoms with Gasteiger partial charge in [0.25, 0.3) is 0 Å². The van der Waals surface area contributed by atoms with Gasteiger partial charge in [0.2, 0.25) is 0 Å². The van der Waals surface area contributed by atoms with Crippen LogP contribution in [0.1, 0.15) is 54.4 Å². The van der Waals surface area contributed by atoms with Gasteiger partial charge in [-0.1, -0.05) is 67.1 Å². The van der Waals surface area contributed by atoms with Crippen LogP contribution in [0.4, 0.5) is 0 Å². The minimum absolute atomic E-state index is 0. The zero-order chi connectivity index (χ0) is 15.6. The first-order chi connectivity index (χ1) is 11.3. The van der Waals surface area contributed by atoms with Crippen molar-refractivity contribution in [3.8, 4) is 0 Å². The minimum Gasteiger partial charge on any atom is -1.00 e. The van der Waals surface area contributed by atoms with Crippen LogP contribution in [0.25, 0.3) is 0 Å². The van der Waals surface area contributed by atoms with E-state index in [0.29, 0.717) is 10.9 Å². The molecular weight excluding hydrogens is 423 g/mol. The molecule has 24 heavy (non-hydrogen) atoms. The van der Waals surface area contributed by atoms with Crippen LogP contribution < -0.4 is 24.0 Å². The van der Waals surface area contributed by atoms with Gasteiger partial charge in [-0.25, -0.2) is 0 Å².